The molecule has 8 heteroatoms. The number of carbonyl (C=O) groups excluding carboxylic acids is 1. The van der Waals surface area contributed by atoms with Crippen molar-refractivity contribution in [3.8, 4) is 5.75 Å². The van der Waals surface area contributed by atoms with Crippen molar-refractivity contribution in [1.29, 1.82) is 0 Å². The third-order valence-electron chi connectivity index (χ3n) is 3.28. The van der Waals surface area contributed by atoms with Gasteiger partial charge in [-0.05, 0) is 59.1 Å². The van der Waals surface area contributed by atoms with Gasteiger partial charge in [-0.15, -0.1) is 0 Å². The lowest BCUT2D eigenvalue weighted by Gasteiger charge is -2.12. The van der Waals surface area contributed by atoms with Gasteiger partial charge in [-0.2, -0.15) is 5.10 Å². The first-order valence-corrected chi connectivity index (χ1v) is 9.07. The van der Waals surface area contributed by atoms with Crippen molar-refractivity contribution in [3.63, 3.8) is 0 Å². The summed E-state index contributed by atoms with van der Waals surface area (Å²) in [6, 6.07) is 6.75. The van der Waals surface area contributed by atoms with Crippen molar-refractivity contribution < 1.29 is 9.53 Å². The molecule has 0 radical (unpaired) electrons. The lowest BCUT2D eigenvalue weighted by Crippen LogP contribution is -2.24. The van der Waals surface area contributed by atoms with E-state index in [0.717, 1.165) is 11.1 Å². The maximum atomic E-state index is 11.8. The average molecular weight is 465 g/mol. The Hall–Kier alpha value is -1.27. The number of hydrazone groups is 1. The standard InChI is InChI=1S/C17H14BrCl3N2O2/c1-9-5-14(16(18)10(2)17(9)21)25-8-15(24)23-22-7-11-3-4-12(19)6-13(11)20/h3-7H,8H2,1-2H3,(H,23,24)/b22-7+. The van der Waals surface area contributed by atoms with Gasteiger partial charge in [0, 0.05) is 15.6 Å². The second kappa shape index (κ2) is 8.90. The van der Waals surface area contributed by atoms with E-state index in [1.54, 1.807) is 24.3 Å². The number of carbonyl (C=O) groups is 1. The highest BCUT2D eigenvalue weighted by molar-refractivity contribution is 9.10. The van der Waals surface area contributed by atoms with Crippen molar-refractivity contribution in [2.75, 3.05) is 6.61 Å². The minimum Gasteiger partial charge on any atom is -0.483 e. The van der Waals surface area contributed by atoms with Crippen LogP contribution >= 0.6 is 50.7 Å². The maximum absolute atomic E-state index is 11.8. The van der Waals surface area contributed by atoms with Crippen molar-refractivity contribution in [2.45, 2.75) is 13.8 Å². The highest BCUT2D eigenvalue weighted by Gasteiger charge is 2.12. The molecule has 0 aliphatic heterocycles. The molecule has 0 saturated carbocycles. The molecule has 1 amide bonds. The van der Waals surface area contributed by atoms with Crippen LogP contribution in [0.2, 0.25) is 15.1 Å². The summed E-state index contributed by atoms with van der Waals surface area (Å²) in [6.07, 6.45) is 1.43. The van der Waals surface area contributed by atoms with Gasteiger partial charge in [-0.25, -0.2) is 5.43 Å². The molecule has 2 aromatic rings. The minimum absolute atomic E-state index is 0.190. The lowest BCUT2D eigenvalue weighted by atomic mass is 10.1. The quantitative estimate of drug-likeness (QED) is 0.466. The van der Waals surface area contributed by atoms with Crippen LogP contribution in [0.5, 0.6) is 5.75 Å². The second-order valence-corrected chi connectivity index (χ2v) is 7.21. The molecular formula is C17H14BrCl3N2O2. The van der Waals surface area contributed by atoms with Crippen LogP contribution in [0.1, 0.15) is 16.7 Å². The van der Waals surface area contributed by atoms with E-state index in [9.17, 15) is 4.79 Å². The number of hydrogen-bond acceptors (Lipinski definition) is 3. The molecule has 0 aliphatic carbocycles. The van der Waals surface area contributed by atoms with Crippen LogP contribution in [-0.4, -0.2) is 18.7 Å². The first-order valence-electron chi connectivity index (χ1n) is 7.14. The SMILES string of the molecule is Cc1cc(OCC(=O)N/N=C/c2ccc(Cl)cc2Cl)c(Br)c(C)c1Cl. The number of benzene rings is 2. The fourth-order valence-electron chi connectivity index (χ4n) is 1.96. The highest BCUT2D eigenvalue weighted by atomic mass is 79.9. The van der Waals surface area contributed by atoms with Crippen molar-refractivity contribution in [3.05, 3.63) is 60.5 Å². The Morgan fingerprint density at radius 1 is 1.28 bits per heavy atom. The molecule has 0 aromatic heterocycles. The average Bonchev–Trinajstić information content (AvgIpc) is 2.57. The van der Waals surface area contributed by atoms with E-state index in [0.29, 0.717) is 30.9 Å². The molecule has 132 valence electrons. The first-order chi connectivity index (χ1) is 11.8. The van der Waals surface area contributed by atoms with Gasteiger partial charge in [-0.3, -0.25) is 4.79 Å². The molecule has 0 spiro atoms. The highest BCUT2D eigenvalue weighted by Crippen LogP contribution is 2.35. The number of nitrogens with one attached hydrogen (secondary N) is 1. The molecule has 25 heavy (non-hydrogen) atoms. The summed E-state index contributed by atoms with van der Waals surface area (Å²) >= 11 is 21.4. The fourth-order valence-corrected chi connectivity index (χ4v) is 3.11. The van der Waals surface area contributed by atoms with Gasteiger partial charge in [-0.1, -0.05) is 40.9 Å². The molecule has 0 unspecified atom stereocenters. The molecule has 2 rings (SSSR count). The Morgan fingerprint density at radius 2 is 2.00 bits per heavy atom. The Bertz CT molecular complexity index is 841. The number of halogens is 4. The number of amides is 1. The van der Waals surface area contributed by atoms with Crippen LogP contribution in [0.15, 0.2) is 33.8 Å². The van der Waals surface area contributed by atoms with Crippen LogP contribution in [0.25, 0.3) is 0 Å². The zero-order chi connectivity index (χ0) is 18.6. The monoisotopic (exact) mass is 462 g/mol. The van der Waals surface area contributed by atoms with Crippen LogP contribution in [0.3, 0.4) is 0 Å². The zero-order valence-corrected chi connectivity index (χ0v) is 17.2. The summed E-state index contributed by atoms with van der Waals surface area (Å²) in [5, 5.41) is 5.48. The molecule has 4 nitrogen and oxygen atoms in total. The van der Waals surface area contributed by atoms with Gasteiger partial charge in [0.2, 0.25) is 0 Å². The number of ether oxygens (including phenoxy) is 1. The molecule has 0 fully saturated rings. The Labute approximate surface area is 169 Å². The second-order valence-electron chi connectivity index (χ2n) is 5.19. The summed E-state index contributed by atoms with van der Waals surface area (Å²) in [7, 11) is 0. The van der Waals surface area contributed by atoms with Gasteiger partial charge < -0.3 is 4.74 Å². The third kappa shape index (κ3) is 5.35. The maximum Gasteiger partial charge on any atom is 0.277 e. The summed E-state index contributed by atoms with van der Waals surface area (Å²) < 4.78 is 6.24. The van der Waals surface area contributed by atoms with Crippen LogP contribution in [-0.2, 0) is 4.79 Å². The Morgan fingerprint density at radius 3 is 2.68 bits per heavy atom. The number of rotatable bonds is 5. The number of hydrogen-bond donors (Lipinski definition) is 1. The Kier molecular flexibility index (Phi) is 7.14. The van der Waals surface area contributed by atoms with Crippen LogP contribution < -0.4 is 10.2 Å². The summed E-state index contributed by atoms with van der Waals surface area (Å²) in [5.41, 5.74) is 4.74. The van der Waals surface area contributed by atoms with Gasteiger partial charge in [0.15, 0.2) is 6.61 Å². The van der Waals surface area contributed by atoms with Gasteiger partial charge in [0.1, 0.15) is 5.75 Å². The fraction of sp³-hybridized carbons (Fsp3) is 0.176. The predicted octanol–water partition coefficient (Wildman–Crippen LogP) is 5.56. The van der Waals surface area contributed by atoms with Crippen LogP contribution in [0, 0.1) is 13.8 Å². The molecular weight excluding hydrogens is 450 g/mol. The normalized spacial score (nSPS) is 11.0. The molecule has 0 saturated heterocycles. The smallest absolute Gasteiger partial charge is 0.277 e. The number of nitrogens with zero attached hydrogens (tertiary/aromatic N) is 1. The van der Waals surface area contributed by atoms with E-state index < -0.39 is 5.91 Å². The van der Waals surface area contributed by atoms with Crippen LogP contribution in [0.4, 0.5) is 0 Å². The summed E-state index contributed by atoms with van der Waals surface area (Å²) in [6.45, 7) is 3.55. The van der Waals surface area contributed by atoms with E-state index in [1.165, 1.54) is 6.21 Å². The molecule has 0 bridgehead atoms. The largest absolute Gasteiger partial charge is 0.483 e. The summed E-state index contributed by atoms with van der Waals surface area (Å²) in [5.74, 6) is 0.137. The van der Waals surface area contributed by atoms with E-state index in [-0.39, 0.29) is 6.61 Å². The Balaban J connectivity index is 1.94. The number of aryl methyl sites for hydroxylation is 1. The van der Waals surface area contributed by atoms with Gasteiger partial charge >= 0.3 is 0 Å². The first kappa shape index (κ1) is 20.0. The molecule has 0 atom stereocenters. The van der Waals surface area contributed by atoms with E-state index >= 15 is 0 Å². The molecule has 0 heterocycles. The lowest BCUT2D eigenvalue weighted by molar-refractivity contribution is -0.123. The van der Waals surface area contributed by atoms with Gasteiger partial charge in [0.25, 0.3) is 5.91 Å². The third-order valence-corrected chi connectivity index (χ3v) is 5.41. The topological polar surface area (TPSA) is 50.7 Å². The molecule has 2 aromatic carbocycles. The zero-order valence-electron chi connectivity index (χ0n) is 13.4. The van der Waals surface area contributed by atoms with E-state index in [2.05, 4.69) is 26.5 Å². The van der Waals surface area contributed by atoms with E-state index in [1.807, 2.05) is 13.8 Å². The van der Waals surface area contributed by atoms with Gasteiger partial charge in [0.05, 0.1) is 15.7 Å². The van der Waals surface area contributed by atoms with Crippen molar-refractivity contribution in [1.82, 2.24) is 5.43 Å². The predicted molar refractivity (Wildman–Crippen MR) is 106 cm³/mol. The minimum atomic E-state index is -0.404. The molecule has 1 N–H and O–H groups in total. The summed E-state index contributed by atoms with van der Waals surface area (Å²) in [4.78, 5) is 11.8. The van der Waals surface area contributed by atoms with Crippen molar-refractivity contribution >= 4 is 62.9 Å². The molecule has 0 aliphatic rings. The van der Waals surface area contributed by atoms with E-state index in [4.69, 9.17) is 39.5 Å². The van der Waals surface area contributed by atoms with Crippen molar-refractivity contribution in [2.24, 2.45) is 5.10 Å².